The van der Waals surface area contributed by atoms with Crippen LogP contribution in [0.15, 0.2) is 115 Å². The number of imidazole rings is 1. The Morgan fingerprint density at radius 3 is 1.73 bits per heavy atom. The van der Waals surface area contributed by atoms with Gasteiger partial charge in [0.1, 0.15) is 0 Å². The number of hydrogen-bond donors (Lipinski definition) is 0. The molecule has 0 aliphatic heterocycles. The van der Waals surface area contributed by atoms with Gasteiger partial charge in [0, 0.05) is 0 Å². The zero-order valence-electron chi connectivity index (χ0n) is 21.3. The number of hydrogen-bond acceptors (Lipinski definition) is 2. The smallest absolute Gasteiger partial charge is 0.195 e. The number of nitrogens with zero attached hydrogens (tertiary/aromatic N) is 2. The van der Waals surface area contributed by atoms with E-state index in [1.54, 1.807) is 11.3 Å². The molecule has 0 N–H and O–H groups in total. The van der Waals surface area contributed by atoms with Gasteiger partial charge < -0.3 is 0 Å². The summed E-state index contributed by atoms with van der Waals surface area (Å²) < 4.78 is 3.52. The lowest BCUT2D eigenvalue weighted by molar-refractivity contribution is 1.35. The molecule has 0 radical (unpaired) electrons. The zero-order chi connectivity index (χ0) is 25.4. The highest BCUT2D eigenvalue weighted by Crippen LogP contribution is 2.35. The van der Waals surface area contributed by atoms with E-state index in [2.05, 4.69) is 126 Å². The van der Waals surface area contributed by atoms with Crippen LogP contribution in [-0.2, 0) is 0 Å². The number of rotatable bonds is 0. The molecule has 8 aromatic rings. The van der Waals surface area contributed by atoms with Gasteiger partial charge in [-0.25, -0.2) is 4.98 Å². The minimum atomic E-state index is 1.07. The molecule has 3 heteroatoms. The van der Waals surface area contributed by atoms with Crippen LogP contribution in [0.1, 0.15) is 19.4 Å². The Morgan fingerprint density at radius 2 is 1.05 bits per heavy atom. The summed E-state index contributed by atoms with van der Waals surface area (Å²) in [4.78, 5) is 5.71. The van der Waals surface area contributed by atoms with Crippen molar-refractivity contribution >= 4 is 69.9 Å². The average Bonchev–Trinajstić information content (AvgIpc) is 3.51. The minimum absolute atomic E-state index is 1.07. The Bertz CT molecular complexity index is 1930. The summed E-state index contributed by atoms with van der Waals surface area (Å²) >= 11 is 1.74. The number of thiazole rings is 1. The second-order valence-corrected chi connectivity index (χ2v) is 9.94. The molecule has 37 heavy (non-hydrogen) atoms. The number of fused-ring (bicyclic) bond motifs is 11. The molecular formula is C34H28N2S. The minimum Gasteiger partial charge on any atom is -0.283 e. The van der Waals surface area contributed by atoms with E-state index in [9.17, 15) is 0 Å². The molecule has 180 valence electrons. The third kappa shape index (κ3) is 3.92. The highest BCUT2D eigenvalue weighted by Gasteiger charge is 2.09. The van der Waals surface area contributed by atoms with Crippen LogP contribution in [0.2, 0.25) is 0 Å². The van der Waals surface area contributed by atoms with Crippen molar-refractivity contribution in [2.24, 2.45) is 0 Å². The van der Waals surface area contributed by atoms with Crippen LogP contribution in [0.25, 0.3) is 58.5 Å². The summed E-state index contributed by atoms with van der Waals surface area (Å²) in [7, 11) is 0. The Kier molecular flexibility index (Phi) is 6.07. The summed E-state index contributed by atoms with van der Waals surface area (Å²) in [5, 5.41) is 8.08. The van der Waals surface area contributed by atoms with Crippen LogP contribution in [0, 0.1) is 6.92 Å². The highest BCUT2D eigenvalue weighted by atomic mass is 32.1. The van der Waals surface area contributed by atoms with Crippen LogP contribution in [0.5, 0.6) is 0 Å². The second-order valence-electron chi connectivity index (χ2n) is 8.93. The molecule has 0 saturated heterocycles. The van der Waals surface area contributed by atoms with Crippen molar-refractivity contribution in [1.29, 1.82) is 0 Å². The molecule has 0 bridgehead atoms. The second kappa shape index (κ2) is 9.68. The highest BCUT2D eigenvalue weighted by molar-refractivity contribution is 7.23. The van der Waals surface area contributed by atoms with Crippen LogP contribution < -0.4 is 0 Å². The molecule has 2 aromatic heterocycles. The summed E-state index contributed by atoms with van der Waals surface area (Å²) in [6.07, 6.45) is 0. The van der Waals surface area contributed by atoms with Gasteiger partial charge in [-0.2, -0.15) is 0 Å². The van der Waals surface area contributed by atoms with Crippen molar-refractivity contribution < 1.29 is 0 Å². The lowest BCUT2D eigenvalue weighted by atomic mass is 9.93. The van der Waals surface area contributed by atoms with Gasteiger partial charge in [-0.3, -0.25) is 4.40 Å². The molecular weight excluding hydrogens is 468 g/mol. The first-order chi connectivity index (χ1) is 18.3. The normalized spacial score (nSPS) is 11.1. The zero-order valence-corrected chi connectivity index (χ0v) is 22.1. The standard InChI is InChI=1S/C19H14.C13H8N2S.C2H6/c1-13-10-11-18-16-8-3-2-6-14(16)15-7-4-5-9-17(15)19(18)12-13;1-2-6-10-9(5-1)14-13-15(10)11-7-3-4-8-12(11)16-13;1-2/h2-12H,1H3;1-8H;1-2H3. The van der Waals surface area contributed by atoms with E-state index in [1.165, 1.54) is 53.6 Å². The molecule has 2 heterocycles. The van der Waals surface area contributed by atoms with Crippen molar-refractivity contribution in [3.63, 3.8) is 0 Å². The maximum atomic E-state index is 4.63. The Labute approximate surface area is 220 Å². The van der Waals surface area contributed by atoms with Crippen LogP contribution in [0.3, 0.4) is 0 Å². The van der Waals surface area contributed by atoms with E-state index in [0.29, 0.717) is 0 Å². The van der Waals surface area contributed by atoms with Crippen molar-refractivity contribution in [3.05, 3.63) is 121 Å². The lowest BCUT2D eigenvalue weighted by Crippen LogP contribution is -1.83. The van der Waals surface area contributed by atoms with Crippen molar-refractivity contribution in [2.45, 2.75) is 20.8 Å². The Morgan fingerprint density at radius 1 is 0.541 bits per heavy atom. The predicted octanol–water partition coefficient (Wildman–Crippen LogP) is 10.2. The van der Waals surface area contributed by atoms with E-state index in [1.807, 2.05) is 19.9 Å². The number of aryl methyl sites for hydroxylation is 1. The van der Waals surface area contributed by atoms with E-state index in [-0.39, 0.29) is 0 Å². The molecule has 0 spiro atoms. The van der Waals surface area contributed by atoms with E-state index in [4.69, 9.17) is 0 Å². The van der Waals surface area contributed by atoms with Crippen molar-refractivity contribution in [3.8, 4) is 0 Å². The molecule has 0 unspecified atom stereocenters. The fraction of sp³-hybridized carbons (Fsp3) is 0.0882. The van der Waals surface area contributed by atoms with E-state index < -0.39 is 0 Å². The molecule has 6 aromatic carbocycles. The van der Waals surface area contributed by atoms with Gasteiger partial charge in [-0.05, 0) is 63.5 Å². The average molecular weight is 497 g/mol. The number of aromatic nitrogens is 2. The molecule has 8 rings (SSSR count). The van der Waals surface area contributed by atoms with Crippen molar-refractivity contribution in [2.75, 3.05) is 0 Å². The Balaban J connectivity index is 0.000000129. The van der Waals surface area contributed by atoms with E-state index in [0.717, 1.165) is 10.5 Å². The first-order valence-corrected chi connectivity index (χ1v) is 13.6. The number of benzene rings is 6. The molecule has 0 amide bonds. The molecule has 2 nitrogen and oxygen atoms in total. The number of para-hydroxylation sites is 3. The van der Waals surface area contributed by atoms with Gasteiger partial charge in [0.2, 0.25) is 0 Å². The van der Waals surface area contributed by atoms with E-state index >= 15 is 0 Å². The van der Waals surface area contributed by atoms with Gasteiger partial charge in [0.15, 0.2) is 4.96 Å². The van der Waals surface area contributed by atoms with Gasteiger partial charge in [0.25, 0.3) is 0 Å². The summed E-state index contributed by atoms with van der Waals surface area (Å²) in [6.45, 7) is 6.16. The fourth-order valence-electron chi connectivity index (χ4n) is 5.15. The van der Waals surface area contributed by atoms with Gasteiger partial charge in [-0.15, -0.1) is 0 Å². The molecule has 0 aliphatic rings. The Hall–Kier alpha value is -4.21. The first-order valence-electron chi connectivity index (χ1n) is 12.8. The lowest BCUT2D eigenvalue weighted by Gasteiger charge is -2.10. The maximum Gasteiger partial charge on any atom is 0.195 e. The molecule has 0 atom stereocenters. The fourth-order valence-corrected chi connectivity index (χ4v) is 6.19. The van der Waals surface area contributed by atoms with Crippen LogP contribution >= 0.6 is 11.3 Å². The third-order valence-electron chi connectivity index (χ3n) is 6.74. The monoisotopic (exact) mass is 496 g/mol. The maximum absolute atomic E-state index is 4.63. The van der Waals surface area contributed by atoms with Crippen LogP contribution in [0.4, 0.5) is 0 Å². The van der Waals surface area contributed by atoms with Gasteiger partial charge in [0.05, 0.1) is 21.3 Å². The summed E-state index contributed by atoms with van der Waals surface area (Å²) in [5.74, 6) is 0. The molecule has 0 fully saturated rings. The topological polar surface area (TPSA) is 17.3 Å². The van der Waals surface area contributed by atoms with Crippen LogP contribution in [-0.4, -0.2) is 9.38 Å². The SMILES string of the molecule is CC.Cc1ccc2c3ccccc3c3ccccc3c2c1.c1ccc2c(c1)nc1sc3ccccc3n12. The van der Waals surface area contributed by atoms with Gasteiger partial charge >= 0.3 is 0 Å². The summed E-state index contributed by atoms with van der Waals surface area (Å²) in [6, 6.07) is 40.8. The van der Waals surface area contributed by atoms with Crippen molar-refractivity contribution in [1.82, 2.24) is 9.38 Å². The molecule has 0 saturated carbocycles. The summed E-state index contributed by atoms with van der Waals surface area (Å²) in [5.41, 5.74) is 4.82. The third-order valence-corrected chi connectivity index (χ3v) is 7.76. The first kappa shape index (κ1) is 23.2. The largest absolute Gasteiger partial charge is 0.283 e. The molecule has 0 aliphatic carbocycles. The predicted molar refractivity (Wildman–Crippen MR) is 163 cm³/mol. The quantitative estimate of drug-likeness (QED) is 0.191. The van der Waals surface area contributed by atoms with Gasteiger partial charge in [-0.1, -0.05) is 122 Å².